The van der Waals surface area contributed by atoms with Gasteiger partial charge in [0.1, 0.15) is 4.90 Å². The molecule has 0 spiro atoms. The van der Waals surface area contributed by atoms with Crippen molar-refractivity contribution >= 4 is 39.1 Å². The van der Waals surface area contributed by atoms with Crippen molar-refractivity contribution in [3.05, 3.63) is 64.1 Å². The molecule has 0 aromatic heterocycles. The van der Waals surface area contributed by atoms with Crippen molar-refractivity contribution in [3.63, 3.8) is 0 Å². The average molecular weight is 496 g/mol. The number of amides is 1. The SMILES string of the molecule is CN1CCN(C(=O)C2CCN(S(=O)(=O)c3cc(Cl)ccc3Cl)CC2)C(c2ccccc2)C1. The predicted octanol–water partition coefficient (Wildman–Crippen LogP) is 3.91. The van der Waals surface area contributed by atoms with Crippen LogP contribution in [0, 0.1) is 5.92 Å². The molecule has 2 aliphatic heterocycles. The fourth-order valence-electron chi connectivity index (χ4n) is 4.54. The summed E-state index contributed by atoms with van der Waals surface area (Å²) in [6.07, 6.45) is 0.980. The summed E-state index contributed by atoms with van der Waals surface area (Å²) >= 11 is 12.1. The standard InChI is InChI=1S/C23H27Cl2N3O3S/c1-26-13-14-28(21(16-26)17-5-3-2-4-6-17)23(29)18-9-11-27(12-10-18)32(30,31)22-15-19(24)7-8-20(22)25/h2-8,15,18,21H,9-14,16H2,1H3. The lowest BCUT2D eigenvalue weighted by atomic mass is 9.94. The number of nitrogens with zero attached hydrogens (tertiary/aromatic N) is 3. The third-order valence-corrected chi connectivity index (χ3v) is 8.98. The summed E-state index contributed by atoms with van der Waals surface area (Å²) < 4.78 is 27.6. The first kappa shape index (κ1) is 23.5. The van der Waals surface area contributed by atoms with E-state index < -0.39 is 10.0 Å². The van der Waals surface area contributed by atoms with Crippen LogP contribution in [0.4, 0.5) is 0 Å². The molecular formula is C23H27Cl2N3O3S. The van der Waals surface area contributed by atoms with Crippen molar-refractivity contribution in [2.75, 3.05) is 39.8 Å². The first-order valence-electron chi connectivity index (χ1n) is 10.8. The number of sulfonamides is 1. The van der Waals surface area contributed by atoms with Crippen LogP contribution in [0.15, 0.2) is 53.4 Å². The highest BCUT2D eigenvalue weighted by atomic mass is 35.5. The number of benzene rings is 2. The molecule has 2 aliphatic rings. The Morgan fingerprint density at radius 1 is 0.969 bits per heavy atom. The van der Waals surface area contributed by atoms with Crippen LogP contribution < -0.4 is 0 Å². The highest BCUT2D eigenvalue weighted by Gasteiger charge is 2.38. The molecule has 2 heterocycles. The van der Waals surface area contributed by atoms with Crippen LogP contribution >= 0.6 is 23.2 Å². The zero-order chi connectivity index (χ0) is 22.9. The minimum atomic E-state index is -3.76. The minimum absolute atomic E-state index is 0.00878. The van der Waals surface area contributed by atoms with Crippen molar-refractivity contribution in [2.45, 2.75) is 23.8 Å². The van der Waals surface area contributed by atoms with Crippen molar-refractivity contribution in [1.29, 1.82) is 0 Å². The highest BCUT2D eigenvalue weighted by molar-refractivity contribution is 7.89. The van der Waals surface area contributed by atoms with Gasteiger partial charge in [-0.1, -0.05) is 53.5 Å². The summed E-state index contributed by atoms with van der Waals surface area (Å²) in [5.41, 5.74) is 1.13. The third kappa shape index (κ3) is 4.82. The molecule has 2 saturated heterocycles. The van der Waals surface area contributed by atoms with E-state index in [2.05, 4.69) is 24.1 Å². The Hall–Kier alpha value is -1.64. The molecule has 0 aliphatic carbocycles. The molecule has 2 aromatic rings. The number of hydrogen-bond acceptors (Lipinski definition) is 4. The lowest BCUT2D eigenvalue weighted by Gasteiger charge is -2.43. The number of halogens is 2. The molecule has 9 heteroatoms. The molecule has 0 saturated carbocycles. The van der Waals surface area contributed by atoms with Crippen molar-refractivity contribution in [2.24, 2.45) is 5.92 Å². The molecule has 32 heavy (non-hydrogen) atoms. The van der Waals surface area contributed by atoms with E-state index in [4.69, 9.17) is 23.2 Å². The molecule has 2 aromatic carbocycles. The van der Waals surface area contributed by atoms with Gasteiger partial charge in [-0.3, -0.25) is 4.79 Å². The van der Waals surface area contributed by atoms with Gasteiger partial charge in [0.05, 0.1) is 11.1 Å². The maximum atomic E-state index is 13.5. The van der Waals surface area contributed by atoms with Crippen LogP contribution in [0.3, 0.4) is 0 Å². The average Bonchev–Trinajstić information content (AvgIpc) is 2.80. The Morgan fingerprint density at radius 2 is 1.66 bits per heavy atom. The van der Waals surface area contributed by atoms with Crippen molar-refractivity contribution in [1.82, 2.24) is 14.1 Å². The van der Waals surface area contributed by atoms with Crippen LogP contribution in [-0.4, -0.2) is 68.2 Å². The fourth-order valence-corrected chi connectivity index (χ4v) is 6.74. The quantitative estimate of drug-likeness (QED) is 0.644. The summed E-state index contributed by atoms with van der Waals surface area (Å²) in [6, 6.07) is 14.5. The Kier molecular flexibility index (Phi) is 7.12. The van der Waals surface area contributed by atoms with Gasteiger partial charge in [0.25, 0.3) is 0 Å². The summed E-state index contributed by atoms with van der Waals surface area (Å²) in [7, 11) is -1.69. The molecular weight excluding hydrogens is 469 g/mol. The molecule has 0 N–H and O–H groups in total. The minimum Gasteiger partial charge on any atom is -0.333 e. The Balaban J connectivity index is 1.46. The predicted molar refractivity (Wildman–Crippen MR) is 126 cm³/mol. The van der Waals surface area contributed by atoms with Crippen LogP contribution in [0.2, 0.25) is 10.0 Å². The molecule has 4 rings (SSSR count). The molecule has 172 valence electrons. The molecule has 2 fully saturated rings. The van der Waals surface area contributed by atoms with Gasteiger partial charge in [-0.05, 0) is 43.7 Å². The van der Waals surface area contributed by atoms with E-state index in [1.54, 1.807) is 6.07 Å². The number of hydrogen-bond donors (Lipinski definition) is 0. The maximum absolute atomic E-state index is 13.5. The summed E-state index contributed by atoms with van der Waals surface area (Å²) in [6.45, 7) is 2.86. The van der Waals surface area contributed by atoms with Crippen LogP contribution in [0.5, 0.6) is 0 Å². The largest absolute Gasteiger partial charge is 0.333 e. The van der Waals surface area contributed by atoms with Gasteiger partial charge < -0.3 is 9.80 Å². The second-order valence-electron chi connectivity index (χ2n) is 8.47. The van der Waals surface area contributed by atoms with Crippen molar-refractivity contribution < 1.29 is 13.2 Å². The smallest absolute Gasteiger partial charge is 0.244 e. The molecule has 0 bridgehead atoms. The van der Waals surface area contributed by atoms with E-state index >= 15 is 0 Å². The number of carbonyl (C=O) groups is 1. The van der Waals surface area contributed by atoms with E-state index in [0.717, 1.165) is 18.7 Å². The fraction of sp³-hybridized carbons (Fsp3) is 0.435. The Labute approximate surface area is 199 Å². The molecule has 6 nitrogen and oxygen atoms in total. The first-order chi connectivity index (χ1) is 15.3. The first-order valence-corrected chi connectivity index (χ1v) is 13.0. The van der Waals surface area contributed by atoms with E-state index in [9.17, 15) is 13.2 Å². The topological polar surface area (TPSA) is 60.9 Å². The maximum Gasteiger partial charge on any atom is 0.244 e. The molecule has 1 unspecified atom stereocenters. The normalized spacial score (nSPS) is 21.6. The van der Waals surface area contributed by atoms with Crippen LogP contribution in [-0.2, 0) is 14.8 Å². The Morgan fingerprint density at radius 3 is 2.34 bits per heavy atom. The van der Waals surface area contributed by atoms with Crippen LogP contribution in [0.1, 0.15) is 24.4 Å². The van der Waals surface area contributed by atoms with Gasteiger partial charge in [0.15, 0.2) is 0 Å². The van der Waals surface area contributed by atoms with E-state index in [-0.39, 0.29) is 40.9 Å². The van der Waals surface area contributed by atoms with E-state index in [1.807, 2.05) is 23.1 Å². The van der Waals surface area contributed by atoms with Gasteiger partial charge in [0.2, 0.25) is 15.9 Å². The second-order valence-corrected chi connectivity index (χ2v) is 11.2. The number of piperazine rings is 1. The summed E-state index contributed by atoms with van der Waals surface area (Å²) in [5.74, 6) is -0.0734. The van der Waals surface area contributed by atoms with E-state index in [0.29, 0.717) is 24.4 Å². The van der Waals surface area contributed by atoms with Gasteiger partial charge >= 0.3 is 0 Å². The zero-order valence-corrected chi connectivity index (χ0v) is 20.3. The summed E-state index contributed by atoms with van der Waals surface area (Å²) in [4.78, 5) is 17.7. The molecule has 1 amide bonds. The zero-order valence-electron chi connectivity index (χ0n) is 18.0. The highest BCUT2D eigenvalue weighted by Crippen LogP contribution is 2.33. The van der Waals surface area contributed by atoms with Gasteiger partial charge in [-0.15, -0.1) is 0 Å². The summed E-state index contributed by atoms with van der Waals surface area (Å²) in [5, 5.41) is 0.468. The van der Waals surface area contributed by atoms with Crippen molar-refractivity contribution in [3.8, 4) is 0 Å². The lowest BCUT2D eigenvalue weighted by Crippen LogP contribution is -2.52. The Bertz CT molecular complexity index is 1070. The number of carbonyl (C=O) groups excluding carboxylic acids is 1. The molecule has 0 radical (unpaired) electrons. The lowest BCUT2D eigenvalue weighted by molar-refractivity contribution is -0.141. The third-order valence-electron chi connectivity index (χ3n) is 6.37. The molecule has 1 atom stereocenters. The number of likely N-dealkylation sites (N-methyl/N-ethyl adjacent to an activating group) is 1. The van der Waals surface area contributed by atoms with Gasteiger partial charge in [-0.25, -0.2) is 8.42 Å². The monoisotopic (exact) mass is 495 g/mol. The van der Waals surface area contributed by atoms with Gasteiger partial charge in [0, 0.05) is 43.7 Å². The van der Waals surface area contributed by atoms with Crippen LogP contribution in [0.25, 0.3) is 0 Å². The second kappa shape index (κ2) is 9.69. The van der Waals surface area contributed by atoms with E-state index in [1.165, 1.54) is 16.4 Å². The number of piperidine rings is 1. The number of rotatable bonds is 4. The van der Waals surface area contributed by atoms with Gasteiger partial charge in [-0.2, -0.15) is 4.31 Å².